The molecule has 1 fully saturated rings. The van der Waals surface area contributed by atoms with Crippen molar-refractivity contribution in [2.75, 3.05) is 27.2 Å². The topological polar surface area (TPSA) is 62.5 Å². The summed E-state index contributed by atoms with van der Waals surface area (Å²) in [5.41, 5.74) is -0.273. The predicted octanol–water partition coefficient (Wildman–Crippen LogP) is 2.77. The molecule has 1 aliphatic rings. The number of likely N-dealkylation sites (tertiary alicyclic amines) is 1. The van der Waals surface area contributed by atoms with Gasteiger partial charge in [0.1, 0.15) is 0 Å². The third-order valence-electron chi connectivity index (χ3n) is 4.92. The smallest absolute Gasteiger partial charge is 0.416 e. The van der Waals surface area contributed by atoms with Crippen LogP contribution in [-0.4, -0.2) is 59.1 Å². The molecule has 28 heavy (non-hydrogen) atoms. The number of carbonyl (C=O) groups excluding carboxylic acids is 1. The summed E-state index contributed by atoms with van der Waals surface area (Å²) in [7, 11) is 4.01. The summed E-state index contributed by atoms with van der Waals surface area (Å²) in [5, 5.41) is 7.79. The minimum Gasteiger partial charge on any atom is -0.425 e. The number of hydrogen-bond acceptors (Lipinski definition) is 5. The van der Waals surface area contributed by atoms with Crippen LogP contribution in [0.4, 0.5) is 13.2 Å². The molecule has 0 saturated carbocycles. The Labute approximate surface area is 161 Å². The van der Waals surface area contributed by atoms with Gasteiger partial charge in [0.05, 0.1) is 12.0 Å². The third-order valence-corrected chi connectivity index (χ3v) is 4.92. The summed E-state index contributed by atoms with van der Waals surface area (Å²) >= 11 is 0. The fourth-order valence-corrected chi connectivity index (χ4v) is 3.25. The van der Waals surface area contributed by atoms with E-state index in [1.165, 1.54) is 6.07 Å². The van der Waals surface area contributed by atoms with Crippen molar-refractivity contribution in [1.29, 1.82) is 0 Å². The number of benzene rings is 1. The van der Waals surface area contributed by atoms with Gasteiger partial charge in [0.25, 0.3) is 0 Å². The number of nitrogens with zero attached hydrogens (tertiary/aromatic N) is 4. The largest absolute Gasteiger partial charge is 0.425 e. The summed E-state index contributed by atoms with van der Waals surface area (Å²) in [5.74, 6) is 0.594. The van der Waals surface area contributed by atoms with E-state index >= 15 is 0 Å². The van der Waals surface area contributed by atoms with Gasteiger partial charge in [0.15, 0.2) is 0 Å². The second-order valence-corrected chi connectivity index (χ2v) is 7.21. The van der Waals surface area contributed by atoms with Crippen LogP contribution in [0.25, 0.3) is 0 Å². The standard InChI is InChI=1S/C19H23F3N4O2/c1-25(2)15-8-9-26(12-15)18(27)7-6-16-23-24-17(28-16)11-13-4-3-5-14(10-13)19(20,21)22/h3-5,10,15H,6-9,11-12H2,1-2H3/t15-/m0/s1. The van der Waals surface area contributed by atoms with Crippen LogP contribution in [0.15, 0.2) is 28.7 Å². The van der Waals surface area contributed by atoms with Gasteiger partial charge < -0.3 is 14.2 Å². The fourth-order valence-electron chi connectivity index (χ4n) is 3.25. The highest BCUT2D eigenvalue weighted by Crippen LogP contribution is 2.30. The van der Waals surface area contributed by atoms with Crippen LogP contribution < -0.4 is 0 Å². The molecule has 0 bridgehead atoms. The van der Waals surface area contributed by atoms with Crippen molar-refractivity contribution in [3.8, 4) is 0 Å². The van der Waals surface area contributed by atoms with Crippen molar-refractivity contribution in [1.82, 2.24) is 20.0 Å². The quantitative estimate of drug-likeness (QED) is 0.752. The van der Waals surface area contributed by atoms with Gasteiger partial charge in [0.2, 0.25) is 17.7 Å². The van der Waals surface area contributed by atoms with Crippen molar-refractivity contribution in [2.24, 2.45) is 0 Å². The first-order chi connectivity index (χ1) is 13.2. The number of alkyl halides is 3. The molecular weight excluding hydrogens is 373 g/mol. The molecular formula is C19H23F3N4O2. The molecule has 2 heterocycles. The second kappa shape index (κ2) is 8.30. The fraction of sp³-hybridized carbons (Fsp3) is 0.526. The summed E-state index contributed by atoms with van der Waals surface area (Å²) < 4.78 is 43.9. The van der Waals surface area contributed by atoms with Crippen LogP contribution in [0.1, 0.15) is 35.7 Å². The average molecular weight is 396 g/mol. The molecule has 9 heteroatoms. The molecule has 1 amide bonds. The highest BCUT2D eigenvalue weighted by molar-refractivity contribution is 5.76. The average Bonchev–Trinajstić information content (AvgIpc) is 3.29. The lowest BCUT2D eigenvalue weighted by atomic mass is 10.1. The van der Waals surface area contributed by atoms with E-state index in [4.69, 9.17) is 4.42 Å². The maximum absolute atomic E-state index is 12.8. The number of rotatable bonds is 6. The Morgan fingerprint density at radius 1 is 1.29 bits per heavy atom. The molecule has 0 spiro atoms. The van der Waals surface area contributed by atoms with Gasteiger partial charge in [-0.25, -0.2) is 0 Å². The molecule has 0 aliphatic carbocycles. The second-order valence-electron chi connectivity index (χ2n) is 7.21. The molecule has 1 aliphatic heterocycles. The van der Waals surface area contributed by atoms with Gasteiger partial charge >= 0.3 is 6.18 Å². The first-order valence-corrected chi connectivity index (χ1v) is 9.14. The van der Waals surface area contributed by atoms with Crippen LogP contribution in [0.5, 0.6) is 0 Å². The Morgan fingerprint density at radius 2 is 2.04 bits per heavy atom. The normalized spacial score (nSPS) is 17.5. The molecule has 6 nitrogen and oxygen atoms in total. The number of halogens is 3. The van der Waals surface area contributed by atoms with E-state index in [0.717, 1.165) is 31.6 Å². The number of likely N-dealkylation sites (N-methyl/N-ethyl adjacent to an activating group) is 1. The van der Waals surface area contributed by atoms with Crippen LogP contribution in [0.2, 0.25) is 0 Å². The predicted molar refractivity (Wildman–Crippen MR) is 95.5 cm³/mol. The van der Waals surface area contributed by atoms with Gasteiger partial charge in [-0.3, -0.25) is 4.79 Å². The van der Waals surface area contributed by atoms with Gasteiger partial charge in [0, 0.05) is 32.0 Å². The van der Waals surface area contributed by atoms with Crippen molar-refractivity contribution < 1.29 is 22.4 Å². The van der Waals surface area contributed by atoms with E-state index in [1.807, 2.05) is 19.0 Å². The van der Waals surface area contributed by atoms with E-state index < -0.39 is 11.7 Å². The van der Waals surface area contributed by atoms with E-state index in [0.29, 0.717) is 23.9 Å². The minimum absolute atomic E-state index is 0.0435. The van der Waals surface area contributed by atoms with Crippen LogP contribution in [0.3, 0.4) is 0 Å². The van der Waals surface area contributed by atoms with Crippen molar-refractivity contribution >= 4 is 5.91 Å². The Kier molecular flexibility index (Phi) is 6.02. The lowest BCUT2D eigenvalue weighted by Crippen LogP contribution is -2.34. The van der Waals surface area contributed by atoms with E-state index in [9.17, 15) is 18.0 Å². The van der Waals surface area contributed by atoms with Gasteiger partial charge in [-0.05, 0) is 32.1 Å². The molecule has 1 saturated heterocycles. The first-order valence-electron chi connectivity index (χ1n) is 9.14. The number of aromatic nitrogens is 2. The SMILES string of the molecule is CN(C)[C@H]1CCN(C(=O)CCc2nnc(Cc3cccc(C(F)(F)F)c3)o2)C1. The zero-order chi connectivity index (χ0) is 20.3. The number of aryl methyl sites for hydroxylation is 1. The van der Waals surface area contributed by atoms with Crippen molar-refractivity contribution in [3.63, 3.8) is 0 Å². The van der Waals surface area contributed by atoms with E-state index in [2.05, 4.69) is 15.1 Å². The van der Waals surface area contributed by atoms with Gasteiger partial charge in [-0.15, -0.1) is 10.2 Å². The molecule has 3 rings (SSSR count). The van der Waals surface area contributed by atoms with Crippen LogP contribution in [-0.2, 0) is 23.8 Å². The van der Waals surface area contributed by atoms with Gasteiger partial charge in [-0.1, -0.05) is 18.2 Å². The Bertz CT molecular complexity index is 820. The summed E-state index contributed by atoms with van der Waals surface area (Å²) in [4.78, 5) is 16.3. The van der Waals surface area contributed by atoms with E-state index in [1.54, 1.807) is 6.07 Å². The monoisotopic (exact) mass is 396 g/mol. The zero-order valence-corrected chi connectivity index (χ0v) is 15.9. The lowest BCUT2D eigenvalue weighted by Gasteiger charge is -2.20. The third kappa shape index (κ3) is 5.09. The zero-order valence-electron chi connectivity index (χ0n) is 15.9. The molecule has 0 radical (unpaired) electrons. The van der Waals surface area contributed by atoms with E-state index in [-0.39, 0.29) is 24.6 Å². The van der Waals surface area contributed by atoms with Crippen LogP contribution in [0, 0.1) is 0 Å². The summed E-state index contributed by atoms with van der Waals surface area (Å²) in [6.07, 6.45) is -2.73. The Hall–Kier alpha value is -2.42. The maximum Gasteiger partial charge on any atom is 0.416 e. The van der Waals surface area contributed by atoms with Gasteiger partial charge in [-0.2, -0.15) is 13.2 Å². The van der Waals surface area contributed by atoms with Crippen molar-refractivity contribution in [2.45, 2.75) is 37.9 Å². The Balaban J connectivity index is 1.53. The summed E-state index contributed by atoms with van der Waals surface area (Å²) in [6, 6.07) is 5.41. The first kappa shape index (κ1) is 20.3. The lowest BCUT2D eigenvalue weighted by molar-refractivity contribution is -0.137. The highest BCUT2D eigenvalue weighted by atomic mass is 19.4. The highest BCUT2D eigenvalue weighted by Gasteiger charge is 2.30. The van der Waals surface area contributed by atoms with Crippen LogP contribution >= 0.6 is 0 Å². The molecule has 0 unspecified atom stereocenters. The minimum atomic E-state index is -4.39. The molecule has 1 aromatic heterocycles. The van der Waals surface area contributed by atoms with Crippen molar-refractivity contribution in [3.05, 3.63) is 47.2 Å². The molecule has 152 valence electrons. The maximum atomic E-state index is 12.8. The number of amides is 1. The Morgan fingerprint density at radius 3 is 2.71 bits per heavy atom. The molecule has 1 atom stereocenters. The molecule has 0 N–H and O–H groups in total. The molecule has 2 aromatic rings. The summed E-state index contributed by atoms with van der Waals surface area (Å²) in [6.45, 7) is 1.46. The number of hydrogen-bond donors (Lipinski definition) is 0. The number of carbonyl (C=O) groups is 1. The molecule has 1 aromatic carbocycles.